The van der Waals surface area contributed by atoms with Crippen molar-refractivity contribution in [2.45, 2.75) is 18.9 Å². The molecule has 3 fully saturated rings. The smallest absolute Gasteiger partial charge is 0.162 e. The Morgan fingerprint density at radius 1 is 0.964 bits per heavy atom. The summed E-state index contributed by atoms with van der Waals surface area (Å²) in [5.74, 6) is 2.40. The van der Waals surface area contributed by atoms with Gasteiger partial charge in [0.1, 0.15) is 18.9 Å². The van der Waals surface area contributed by atoms with Gasteiger partial charge in [0, 0.05) is 11.4 Å². The Labute approximate surface area is 167 Å². The van der Waals surface area contributed by atoms with Crippen LogP contribution in [-0.4, -0.2) is 52.7 Å². The normalized spacial score (nSPS) is 25.8. The summed E-state index contributed by atoms with van der Waals surface area (Å²) in [6.07, 6.45) is 4.70. The summed E-state index contributed by atoms with van der Waals surface area (Å²) in [7, 11) is 0. The predicted molar refractivity (Wildman–Crippen MR) is 108 cm³/mol. The third-order valence-corrected chi connectivity index (χ3v) is 7.31. The van der Waals surface area contributed by atoms with E-state index in [0.29, 0.717) is 19.3 Å². The number of hydrogen-bond donors (Lipinski definition) is 0. The summed E-state index contributed by atoms with van der Waals surface area (Å²) in [6, 6.07) is 10.9. The Kier molecular flexibility index (Phi) is 3.90. The van der Waals surface area contributed by atoms with Crippen LogP contribution in [0.25, 0.3) is 21.0 Å². The van der Waals surface area contributed by atoms with Crippen LogP contribution < -0.4 is 9.47 Å². The minimum absolute atomic E-state index is 0.473. The first-order valence-electron chi connectivity index (χ1n) is 9.98. The van der Waals surface area contributed by atoms with Gasteiger partial charge in [0.25, 0.3) is 0 Å². The highest BCUT2D eigenvalue weighted by Gasteiger charge is 2.35. The van der Waals surface area contributed by atoms with Crippen LogP contribution in [0, 0.1) is 5.92 Å². The SMILES string of the molecule is c1cc2c(cc1-c1ccc(-c3cn([C@H]4CN5CCC4CC5)nn3)s1)OCCO2. The van der Waals surface area contributed by atoms with E-state index in [1.165, 1.54) is 30.8 Å². The van der Waals surface area contributed by atoms with Crippen molar-refractivity contribution in [1.29, 1.82) is 0 Å². The van der Waals surface area contributed by atoms with Crippen molar-refractivity contribution in [3.63, 3.8) is 0 Å². The summed E-state index contributed by atoms with van der Waals surface area (Å²) in [4.78, 5) is 4.90. The van der Waals surface area contributed by atoms with Crippen LogP contribution in [-0.2, 0) is 0 Å². The highest BCUT2D eigenvalue weighted by Crippen LogP contribution is 2.40. The summed E-state index contributed by atoms with van der Waals surface area (Å²) >= 11 is 1.74. The molecule has 0 aliphatic carbocycles. The van der Waals surface area contributed by atoms with E-state index in [1.54, 1.807) is 11.3 Å². The first-order valence-corrected chi connectivity index (χ1v) is 10.8. The Morgan fingerprint density at radius 2 is 1.79 bits per heavy atom. The molecule has 3 aromatic rings. The number of nitrogens with zero attached hydrogens (tertiary/aromatic N) is 4. The van der Waals surface area contributed by atoms with Crippen molar-refractivity contribution in [1.82, 2.24) is 19.9 Å². The van der Waals surface area contributed by atoms with Crippen molar-refractivity contribution >= 4 is 11.3 Å². The van der Waals surface area contributed by atoms with Crippen molar-refractivity contribution < 1.29 is 9.47 Å². The van der Waals surface area contributed by atoms with Gasteiger partial charge in [0.2, 0.25) is 0 Å². The summed E-state index contributed by atoms with van der Waals surface area (Å²) in [5.41, 5.74) is 2.11. The summed E-state index contributed by atoms with van der Waals surface area (Å²) in [6.45, 7) is 4.82. The molecule has 4 aliphatic rings. The second kappa shape index (κ2) is 6.60. The van der Waals surface area contributed by atoms with Crippen molar-refractivity contribution in [3.8, 4) is 32.5 Å². The average Bonchev–Trinajstić information content (AvgIpc) is 3.44. The molecule has 7 rings (SSSR count). The van der Waals surface area contributed by atoms with Crippen molar-refractivity contribution in [3.05, 3.63) is 36.5 Å². The molecule has 2 bridgehead atoms. The highest BCUT2D eigenvalue weighted by molar-refractivity contribution is 7.18. The van der Waals surface area contributed by atoms with Crippen LogP contribution in [0.5, 0.6) is 11.5 Å². The van der Waals surface area contributed by atoms with Gasteiger partial charge in [0.15, 0.2) is 11.5 Å². The number of ether oxygens (including phenoxy) is 2. The zero-order chi connectivity index (χ0) is 18.5. The van der Waals surface area contributed by atoms with Gasteiger partial charge in [0.05, 0.1) is 17.1 Å². The number of aromatic nitrogens is 3. The van der Waals surface area contributed by atoms with Crippen LogP contribution in [0.1, 0.15) is 18.9 Å². The van der Waals surface area contributed by atoms with E-state index >= 15 is 0 Å². The molecule has 3 saturated heterocycles. The lowest BCUT2D eigenvalue weighted by molar-refractivity contribution is 0.0504. The Morgan fingerprint density at radius 3 is 2.61 bits per heavy atom. The number of fused-ring (bicyclic) bond motifs is 4. The number of benzene rings is 1. The maximum Gasteiger partial charge on any atom is 0.162 e. The van der Waals surface area contributed by atoms with Crippen LogP contribution in [0.4, 0.5) is 0 Å². The number of hydrogen-bond acceptors (Lipinski definition) is 6. The van der Waals surface area contributed by atoms with E-state index in [0.717, 1.165) is 40.1 Å². The third-order valence-electron chi connectivity index (χ3n) is 6.16. The Bertz CT molecular complexity index is 1010. The molecule has 2 aromatic heterocycles. The zero-order valence-corrected chi connectivity index (χ0v) is 16.4. The van der Waals surface area contributed by atoms with E-state index in [4.69, 9.17) is 9.47 Å². The first kappa shape index (κ1) is 16.6. The second-order valence-electron chi connectivity index (χ2n) is 7.81. The summed E-state index contributed by atoms with van der Waals surface area (Å²) < 4.78 is 13.5. The van der Waals surface area contributed by atoms with Crippen LogP contribution >= 0.6 is 11.3 Å². The lowest BCUT2D eigenvalue weighted by Gasteiger charge is -2.44. The van der Waals surface area contributed by atoms with E-state index < -0.39 is 0 Å². The molecular formula is C21H22N4O2S. The van der Waals surface area contributed by atoms with Gasteiger partial charge < -0.3 is 14.4 Å². The maximum atomic E-state index is 5.72. The lowest BCUT2D eigenvalue weighted by atomic mass is 9.84. The molecule has 6 nitrogen and oxygen atoms in total. The Hall–Kier alpha value is -2.38. The van der Waals surface area contributed by atoms with Gasteiger partial charge in [-0.2, -0.15) is 0 Å². The van der Waals surface area contributed by atoms with E-state index in [-0.39, 0.29) is 0 Å². The molecule has 28 heavy (non-hydrogen) atoms. The van der Waals surface area contributed by atoms with Crippen molar-refractivity contribution in [2.24, 2.45) is 5.92 Å². The van der Waals surface area contributed by atoms with Crippen molar-refractivity contribution in [2.75, 3.05) is 32.8 Å². The minimum Gasteiger partial charge on any atom is -0.486 e. The third kappa shape index (κ3) is 2.81. The molecule has 0 unspecified atom stereocenters. The average molecular weight is 395 g/mol. The van der Waals surface area contributed by atoms with Gasteiger partial charge in [-0.25, -0.2) is 4.68 Å². The minimum atomic E-state index is 0.473. The molecular weight excluding hydrogens is 372 g/mol. The van der Waals surface area contributed by atoms with E-state index in [9.17, 15) is 0 Å². The largest absolute Gasteiger partial charge is 0.486 e. The van der Waals surface area contributed by atoms with E-state index in [2.05, 4.69) is 50.4 Å². The molecule has 1 aromatic carbocycles. The fourth-order valence-corrected chi connectivity index (χ4v) is 5.56. The molecule has 4 aliphatic heterocycles. The Balaban J connectivity index is 1.26. The van der Waals surface area contributed by atoms with Crippen LogP contribution in [0.2, 0.25) is 0 Å². The molecule has 6 heterocycles. The molecule has 0 amide bonds. The van der Waals surface area contributed by atoms with Gasteiger partial charge in [-0.1, -0.05) is 5.21 Å². The van der Waals surface area contributed by atoms with Gasteiger partial charge in [-0.05, 0) is 67.7 Å². The molecule has 0 saturated carbocycles. The standard InChI is InChI=1S/C21H22N4O2S/c1-2-18-19(27-10-9-26-18)11-15(1)20-3-4-21(28-20)16-12-25(23-22-16)17-13-24-7-5-14(17)6-8-24/h1-4,11-12,14,17H,5-10,13H2/t17-/m0/s1. The monoisotopic (exact) mass is 394 g/mol. The number of thiophene rings is 1. The molecule has 1 atom stereocenters. The van der Waals surface area contributed by atoms with E-state index in [1.807, 2.05) is 6.07 Å². The van der Waals surface area contributed by atoms with Crippen LogP contribution in [0.3, 0.4) is 0 Å². The summed E-state index contributed by atoms with van der Waals surface area (Å²) in [5, 5.41) is 8.97. The maximum absolute atomic E-state index is 5.72. The fourth-order valence-electron chi connectivity index (χ4n) is 4.61. The molecule has 0 spiro atoms. The molecule has 7 heteroatoms. The van der Waals surface area contributed by atoms with Gasteiger partial charge in [-0.15, -0.1) is 16.4 Å². The van der Waals surface area contributed by atoms with Gasteiger partial charge >= 0.3 is 0 Å². The second-order valence-corrected chi connectivity index (χ2v) is 8.90. The van der Waals surface area contributed by atoms with Gasteiger partial charge in [-0.3, -0.25) is 0 Å². The highest BCUT2D eigenvalue weighted by atomic mass is 32.1. The zero-order valence-electron chi connectivity index (χ0n) is 15.6. The first-order chi connectivity index (χ1) is 13.8. The number of rotatable bonds is 3. The molecule has 144 valence electrons. The predicted octanol–water partition coefficient (Wildman–Crippen LogP) is 3.71. The number of piperidine rings is 3. The molecule has 0 radical (unpaired) electrons. The topological polar surface area (TPSA) is 52.4 Å². The van der Waals surface area contributed by atoms with Crippen LogP contribution in [0.15, 0.2) is 36.5 Å². The quantitative estimate of drug-likeness (QED) is 0.678. The fraction of sp³-hybridized carbons (Fsp3) is 0.429. The lowest BCUT2D eigenvalue weighted by Crippen LogP contribution is -2.48. The molecule has 0 N–H and O–H groups in total.